The molecule has 2 amide bonds. The third-order valence-electron chi connectivity index (χ3n) is 1.97. The van der Waals surface area contributed by atoms with Crippen LogP contribution < -0.4 is 22.9 Å². The first kappa shape index (κ1) is 26.0. The van der Waals surface area contributed by atoms with Gasteiger partial charge in [-0.1, -0.05) is 0 Å². The van der Waals surface area contributed by atoms with Gasteiger partial charge in [0.2, 0.25) is 0 Å². The van der Waals surface area contributed by atoms with Gasteiger partial charge in [0.25, 0.3) is 0 Å². The highest BCUT2D eigenvalue weighted by Crippen LogP contribution is 1.94. The largest absolute Gasteiger partial charge is 0.481 e. The number of carbonyl (C=O) groups excluding carboxylic acids is 1. The molecule has 0 aromatic heterocycles. The summed E-state index contributed by atoms with van der Waals surface area (Å²) in [5.74, 6) is -4.39. The number of urea groups is 1. The minimum Gasteiger partial charge on any atom is -0.481 e. The van der Waals surface area contributed by atoms with Crippen LogP contribution in [0.25, 0.3) is 0 Å². The van der Waals surface area contributed by atoms with Gasteiger partial charge in [-0.2, -0.15) is 0 Å². The Balaban J connectivity index is -0.000000301. The molecule has 0 rings (SSSR count). The van der Waals surface area contributed by atoms with Gasteiger partial charge >= 0.3 is 29.9 Å². The molecule has 13 heteroatoms. The lowest BCUT2D eigenvalue weighted by atomic mass is 10.2. The zero-order valence-corrected chi connectivity index (χ0v) is 12.6. The summed E-state index contributed by atoms with van der Waals surface area (Å²) in [6.07, 6.45) is -0.448. The highest BCUT2D eigenvalue weighted by molar-refractivity contribution is 5.75. The van der Waals surface area contributed by atoms with Crippen molar-refractivity contribution >= 4 is 29.9 Å². The van der Waals surface area contributed by atoms with E-state index in [0.717, 1.165) is 0 Å². The van der Waals surface area contributed by atoms with Crippen LogP contribution in [-0.2, 0) is 19.2 Å². The lowest BCUT2D eigenvalue weighted by molar-refractivity contribution is -0.141. The standard InChI is InChI=1S/2C5H9NO4.CH4N2O/c2*6-3(5(9)10)1-2-4(7)8;2-1(3)4/h2*3H,1-2,6H2,(H,7,8)(H,9,10);(H4,2,3,4). The summed E-state index contributed by atoms with van der Waals surface area (Å²) in [6.45, 7) is 0. The Hall–Kier alpha value is -2.93. The maximum Gasteiger partial charge on any atom is 0.320 e. The fourth-order valence-electron chi connectivity index (χ4n) is 0.805. The average Bonchev–Trinajstić information content (AvgIpc) is 2.41. The maximum absolute atomic E-state index is 9.99. The summed E-state index contributed by atoms with van der Waals surface area (Å²) in [6, 6.07) is -2.95. The van der Waals surface area contributed by atoms with Crippen molar-refractivity contribution < 1.29 is 44.4 Å². The number of carboxylic acid groups (broad SMARTS) is 4. The maximum atomic E-state index is 9.99. The first-order valence-corrected chi connectivity index (χ1v) is 6.26. The van der Waals surface area contributed by atoms with E-state index in [0.29, 0.717) is 0 Å². The first-order valence-electron chi connectivity index (χ1n) is 6.26. The molecule has 0 bridgehead atoms. The topological polar surface area (TPSA) is 270 Å². The van der Waals surface area contributed by atoms with E-state index in [1.54, 1.807) is 0 Å². The van der Waals surface area contributed by atoms with E-state index in [9.17, 15) is 19.2 Å². The molecule has 0 aliphatic heterocycles. The number of hydrogen-bond acceptors (Lipinski definition) is 7. The van der Waals surface area contributed by atoms with Crippen LogP contribution in [0.4, 0.5) is 4.79 Å². The second-order valence-electron chi connectivity index (χ2n) is 4.16. The third-order valence-corrected chi connectivity index (χ3v) is 1.97. The monoisotopic (exact) mass is 354 g/mol. The minimum atomic E-state index is -1.17. The van der Waals surface area contributed by atoms with Crippen LogP contribution in [0, 0.1) is 0 Å². The second-order valence-corrected chi connectivity index (χ2v) is 4.16. The van der Waals surface area contributed by atoms with Gasteiger partial charge in [-0.25, -0.2) is 4.79 Å². The molecule has 0 aromatic rings. The summed E-state index contributed by atoms with van der Waals surface area (Å²) in [4.78, 5) is 48.7. The molecule has 0 heterocycles. The van der Waals surface area contributed by atoms with Crippen molar-refractivity contribution in [2.45, 2.75) is 37.8 Å². The van der Waals surface area contributed by atoms with Gasteiger partial charge in [0.05, 0.1) is 0 Å². The van der Waals surface area contributed by atoms with Crippen LogP contribution in [-0.4, -0.2) is 62.4 Å². The minimum absolute atomic E-state index is 0.0231. The summed E-state index contributed by atoms with van der Waals surface area (Å²) >= 11 is 0. The number of carbonyl (C=O) groups is 5. The Bertz CT molecular complexity index is 403. The number of primary amides is 2. The molecule has 0 fully saturated rings. The molecular formula is C11H22N4O9. The van der Waals surface area contributed by atoms with E-state index in [1.165, 1.54) is 0 Å². The summed E-state index contributed by atoms with van der Waals surface area (Å²) in [5, 5.41) is 32.5. The van der Waals surface area contributed by atoms with Crippen molar-refractivity contribution in [3.05, 3.63) is 0 Å². The zero-order valence-electron chi connectivity index (χ0n) is 12.6. The molecule has 0 aromatic carbocycles. The smallest absolute Gasteiger partial charge is 0.320 e. The Morgan fingerprint density at radius 1 is 0.667 bits per heavy atom. The average molecular weight is 354 g/mol. The van der Waals surface area contributed by atoms with Gasteiger partial charge in [0.15, 0.2) is 0 Å². The number of nitrogens with two attached hydrogens (primary N) is 4. The van der Waals surface area contributed by atoms with Crippen LogP contribution in [0.3, 0.4) is 0 Å². The van der Waals surface area contributed by atoms with Crippen molar-refractivity contribution in [1.29, 1.82) is 0 Å². The van der Waals surface area contributed by atoms with Crippen LogP contribution in [0.2, 0.25) is 0 Å². The van der Waals surface area contributed by atoms with Crippen molar-refractivity contribution in [3.63, 3.8) is 0 Å². The van der Waals surface area contributed by atoms with Crippen LogP contribution in [0.1, 0.15) is 25.7 Å². The van der Waals surface area contributed by atoms with Crippen LogP contribution >= 0.6 is 0 Å². The summed E-state index contributed by atoms with van der Waals surface area (Å²) in [7, 11) is 0. The van der Waals surface area contributed by atoms with Crippen LogP contribution in [0.15, 0.2) is 0 Å². The molecule has 0 spiro atoms. The fourth-order valence-corrected chi connectivity index (χ4v) is 0.805. The fraction of sp³-hybridized carbons (Fsp3) is 0.545. The number of aliphatic carboxylic acids is 4. The Labute approximate surface area is 136 Å². The van der Waals surface area contributed by atoms with Gasteiger partial charge in [-0.15, -0.1) is 0 Å². The zero-order chi connectivity index (χ0) is 19.9. The third kappa shape index (κ3) is 27.4. The molecule has 24 heavy (non-hydrogen) atoms. The predicted octanol–water partition coefficient (Wildman–Crippen LogP) is -2.45. The van der Waals surface area contributed by atoms with Crippen LogP contribution in [0.5, 0.6) is 0 Å². The molecule has 2 unspecified atom stereocenters. The molecule has 0 saturated heterocycles. The molecule has 0 aliphatic carbocycles. The van der Waals surface area contributed by atoms with E-state index in [1.807, 2.05) is 0 Å². The predicted molar refractivity (Wildman–Crippen MR) is 78.7 cm³/mol. The Morgan fingerprint density at radius 2 is 0.875 bits per heavy atom. The summed E-state index contributed by atoms with van der Waals surface area (Å²) < 4.78 is 0. The normalized spacial score (nSPS) is 11.4. The molecule has 0 saturated carbocycles. The number of amides is 2. The van der Waals surface area contributed by atoms with E-state index >= 15 is 0 Å². The van der Waals surface area contributed by atoms with Gasteiger partial charge in [-0.3, -0.25) is 19.2 Å². The molecule has 0 radical (unpaired) electrons. The van der Waals surface area contributed by atoms with E-state index < -0.39 is 42.0 Å². The van der Waals surface area contributed by atoms with Crippen molar-refractivity contribution in [1.82, 2.24) is 0 Å². The highest BCUT2D eigenvalue weighted by Gasteiger charge is 2.12. The number of hydrogen-bond donors (Lipinski definition) is 8. The van der Waals surface area contributed by atoms with E-state index in [-0.39, 0.29) is 25.7 Å². The first-order chi connectivity index (χ1) is 10.8. The van der Waals surface area contributed by atoms with Gasteiger partial charge in [0.1, 0.15) is 12.1 Å². The summed E-state index contributed by atoms with van der Waals surface area (Å²) in [5.41, 5.74) is 18.5. The molecular weight excluding hydrogens is 332 g/mol. The van der Waals surface area contributed by atoms with E-state index in [4.69, 9.17) is 36.7 Å². The van der Waals surface area contributed by atoms with Gasteiger partial charge in [0, 0.05) is 12.8 Å². The number of rotatable bonds is 8. The lowest BCUT2D eigenvalue weighted by Gasteiger charge is -2.01. The molecule has 13 nitrogen and oxygen atoms in total. The number of carboxylic acids is 4. The lowest BCUT2D eigenvalue weighted by Crippen LogP contribution is -2.30. The SMILES string of the molecule is NC(CCC(=O)O)C(=O)O.NC(CCC(=O)O)C(=O)O.NC(N)=O. The van der Waals surface area contributed by atoms with Crippen molar-refractivity contribution in [2.75, 3.05) is 0 Å². The molecule has 12 N–H and O–H groups in total. The molecule has 2 atom stereocenters. The molecule has 0 aliphatic rings. The van der Waals surface area contributed by atoms with Crippen molar-refractivity contribution in [3.8, 4) is 0 Å². The van der Waals surface area contributed by atoms with Crippen molar-refractivity contribution in [2.24, 2.45) is 22.9 Å². The van der Waals surface area contributed by atoms with E-state index in [2.05, 4.69) is 11.5 Å². The highest BCUT2D eigenvalue weighted by atomic mass is 16.4. The Morgan fingerprint density at radius 3 is 1.00 bits per heavy atom. The van der Waals surface area contributed by atoms with Gasteiger partial charge in [-0.05, 0) is 12.8 Å². The van der Waals surface area contributed by atoms with Gasteiger partial charge < -0.3 is 43.4 Å². The second kappa shape index (κ2) is 15.0. The molecule has 140 valence electrons. The Kier molecular flexibility index (Phi) is 16.2. The quantitative estimate of drug-likeness (QED) is 0.226.